The van der Waals surface area contributed by atoms with E-state index < -0.39 is 5.97 Å². The van der Waals surface area contributed by atoms with Crippen LogP contribution in [-0.4, -0.2) is 43.2 Å². The average Bonchev–Trinajstić information content (AvgIpc) is 2.92. The second kappa shape index (κ2) is 10.3. The van der Waals surface area contributed by atoms with Gasteiger partial charge in [-0.05, 0) is 38.4 Å². The Morgan fingerprint density at radius 3 is 2.35 bits per heavy atom. The lowest BCUT2D eigenvalue weighted by molar-refractivity contribution is 0.0697. The highest BCUT2D eigenvalue weighted by Crippen LogP contribution is 2.22. The fourth-order valence-corrected chi connectivity index (χ4v) is 1.92. The first-order valence-electron chi connectivity index (χ1n) is 6.84. The Labute approximate surface area is 148 Å². The molecule has 2 rings (SSSR count). The molecule has 0 saturated heterocycles. The molecule has 2 aromatic rings. The van der Waals surface area contributed by atoms with Gasteiger partial charge in [0.15, 0.2) is 0 Å². The van der Waals surface area contributed by atoms with Gasteiger partial charge < -0.3 is 19.7 Å². The summed E-state index contributed by atoms with van der Waals surface area (Å²) >= 11 is 0. The highest BCUT2D eigenvalue weighted by Gasteiger charge is 2.07. The first kappa shape index (κ1) is 21.5. The smallest absolute Gasteiger partial charge is 0.335 e. The molecule has 7 heteroatoms. The van der Waals surface area contributed by atoms with Gasteiger partial charge in [0.1, 0.15) is 11.5 Å². The van der Waals surface area contributed by atoms with Crippen molar-refractivity contribution in [1.29, 1.82) is 0 Å². The van der Waals surface area contributed by atoms with Crippen LogP contribution in [0.3, 0.4) is 0 Å². The second-order valence-electron chi connectivity index (χ2n) is 5.13. The molecule has 0 spiro atoms. The van der Waals surface area contributed by atoms with E-state index in [1.54, 1.807) is 24.3 Å². The molecule has 1 aromatic carbocycles. The third kappa shape index (κ3) is 6.62. The molecular formula is C16H22Cl2N2O3. The first-order valence-corrected chi connectivity index (χ1v) is 6.84. The van der Waals surface area contributed by atoms with Crippen molar-refractivity contribution in [3.63, 3.8) is 0 Å². The van der Waals surface area contributed by atoms with E-state index in [0.29, 0.717) is 6.54 Å². The molecule has 1 heterocycles. The minimum atomic E-state index is -0.924. The van der Waals surface area contributed by atoms with Crippen LogP contribution in [-0.2, 0) is 6.54 Å². The van der Waals surface area contributed by atoms with Gasteiger partial charge in [-0.3, -0.25) is 0 Å². The predicted octanol–water partition coefficient (Wildman–Crippen LogP) is 3.14. The molecule has 0 saturated carbocycles. The summed E-state index contributed by atoms with van der Waals surface area (Å²) in [6, 6.07) is 10.5. The summed E-state index contributed by atoms with van der Waals surface area (Å²) in [5, 5.41) is 12.2. The third-order valence-corrected chi connectivity index (χ3v) is 3.11. The quantitative estimate of drug-likeness (QED) is 0.742. The van der Waals surface area contributed by atoms with Crippen LogP contribution in [0.4, 0.5) is 0 Å². The Hall–Kier alpha value is -1.53. The zero-order chi connectivity index (χ0) is 15.2. The highest BCUT2D eigenvalue weighted by molar-refractivity contribution is 5.88. The number of carboxylic acids is 1. The van der Waals surface area contributed by atoms with E-state index in [1.807, 2.05) is 26.2 Å². The molecule has 128 valence electrons. The zero-order valence-electron chi connectivity index (χ0n) is 13.1. The van der Waals surface area contributed by atoms with E-state index in [1.165, 1.54) is 0 Å². The number of hydrogen-bond acceptors (Lipinski definition) is 4. The van der Waals surface area contributed by atoms with Gasteiger partial charge in [-0.1, -0.05) is 12.1 Å². The van der Waals surface area contributed by atoms with Crippen molar-refractivity contribution >= 4 is 30.8 Å². The summed E-state index contributed by atoms with van der Waals surface area (Å²) in [4.78, 5) is 12.9. The van der Waals surface area contributed by atoms with Crippen molar-refractivity contribution in [2.45, 2.75) is 6.54 Å². The summed E-state index contributed by atoms with van der Waals surface area (Å²) in [7, 11) is 4.07. The Morgan fingerprint density at radius 2 is 1.78 bits per heavy atom. The summed E-state index contributed by atoms with van der Waals surface area (Å²) < 4.78 is 5.75. The van der Waals surface area contributed by atoms with E-state index in [-0.39, 0.29) is 30.4 Å². The number of carbonyl (C=O) groups is 1. The molecule has 0 aliphatic heterocycles. The lowest BCUT2D eigenvalue weighted by Gasteiger charge is -2.09. The van der Waals surface area contributed by atoms with Crippen molar-refractivity contribution in [2.24, 2.45) is 0 Å². The van der Waals surface area contributed by atoms with E-state index >= 15 is 0 Å². The van der Waals surface area contributed by atoms with Crippen molar-refractivity contribution in [2.75, 3.05) is 27.2 Å². The number of carboxylic acid groups (broad SMARTS) is 1. The third-order valence-electron chi connectivity index (χ3n) is 3.11. The Morgan fingerprint density at radius 1 is 1.13 bits per heavy atom. The van der Waals surface area contributed by atoms with Crippen LogP contribution in [0.5, 0.6) is 0 Å². The van der Waals surface area contributed by atoms with Gasteiger partial charge >= 0.3 is 5.97 Å². The summed E-state index contributed by atoms with van der Waals surface area (Å²) in [5.41, 5.74) is 1.15. The number of rotatable bonds is 7. The molecule has 0 amide bonds. The van der Waals surface area contributed by atoms with E-state index in [4.69, 9.17) is 9.52 Å². The van der Waals surface area contributed by atoms with Crippen LogP contribution in [0.1, 0.15) is 16.1 Å². The molecule has 0 fully saturated rings. The lowest BCUT2D eigenvalue weighted by atomic mass is 10.1. The van der Waals surface area contributed by atoms with E-state index in [9.17, 15) is 4.79 Å². The lowest BCUT2D eigenvalue weighted by Crippen LogP contribution is -2.25. The molecule has 0 unspecified atom stereocenters. The largest absolute Gasteiger partial charge is 0.478 e. The normalized spacial score (nSPS) is 10.0. The summed E-state index contributed by atoms with van der Waals surface area (Å²) in [6.45, 7) is 2.56. The molecule has 2 N–H and O–H groups in total. The number of nitrogens with one attached hydrogen (secondary N) is 1. The molecule has 0 atom stereocenters. The molecule has 0 bridgehead atoms. The van der Waals surface area contributed by atoms with Gasteiger partial charge in [-0.2, -0.15) is 0 Å². The molecule has 1 aromatic heterocycles. The monoisotopic (exact) mass is 360 g/mol. The maximum Gasteiger partial charge on any atom is 0.335 e. The zero-order valence-corrected chi connectivity index (χ0v) is 14.7. The minimum Gasteiger partial charge on any atom is -0.478 e. The van der Waals surface area contributed by atoms with Gasteiger partial charge in [0.2, 0.25) is 0 Å². The van der Waals surface area contributed by atoms with Gasteiger partial charge in [-0.15, -0.1) is 24.8 Å². The van der Waals surface area contributed by atoms with Crippen LogP contribution < -0.4 is 5.32 Å². The first-order chi connectivity index (χ1) is 10.1. The standard InChI is InChI=1S/C16H20N2O3.2ClH/c1-18(2)10-9-17-11-14-7-8-15(21-14)12-3-5-13(6-4-12)16(19)20;;/h3-8,17H,9-11H2,1-2H3,(H,19,20);2*1H. The number of aromatic carboxylic acids is 1. The number of halogens is 2. The van der Waals surface area contributed by atoms with Crippen molar-refractivity contribution < 1.29 is 14.3 Å². The van der Waals surface area contributed by atoms with Gasteiger partial charge in [0, 0.05) is 18.7 Å². The van der Waals surface area contributed by atoms with Gasteiger partial charge in [-0.25, -0.2) is 4.79 Å². The highest BCUT2D eigenvalue weighted by atomic mass is 35.5. The maximum absolute atomic E-state index is 10.8. The number of nitrogens with zero attached hydrogens (tertiary/aromatic N) is 1. The van der Waals surface area contributed by atoms with Gasteiger partial charge in [0.05, 0.1) is 12.1 Å². The Bertz CT molecular complexity index is 598. The van der Waals surface area contributed by atoms with Crippen LogP contribution in [0.2, 0.25) is 0 Å². The number of likely N-dealkylation sites (N-methyl/N-ethyl adjacent to an activating group) is 1. The summed E-state index contributed by atoms with van der Waals surface area (Å²) in [6.07, 6.45) is 0. The molecule has 5 nitrogen and oxygen atoms in total. The molecular weight excluding hydrogens is 339 g/mol. The van der Waals surface area contributed by atoms with Crippen molar-refractivity contribution in [1.82, 2.24) is 10.2 Å². The topological polar surface area (TPSA) is 65.7 Å². The van der Waals surface area contributed by atoms with Gasteiger partial charge in [0.25, 0.3) is 0 Å². The van der Waals surface area contributed by atoms with Crippen molar-refractivity contribution in [3.8, 4) is 11.3 Å². The fraction of sp³-hybridized carbons (Fsp3) is 0.312. The van der Waals surface area contributed by atoms with Crippen LogP contribution in [0.25, 0.3) is 11.3 Å². The predicted molar refractivity (Wildman–Crippen MR) is 95.9 cm³/mol. The van der Waals surface area contributed by atoms with Crippen LogP contribution >= 0.6 is 24.8 Å². The Balaban J connectivity index is 0.00000242. The van der Waals surface area contributed by atoms with E-state index in [2.05, 4.69) is 10.2 Å². The van der Waals surface area contributed by atoms with Crippen LogP contribution in [0.15, 0.2) is 40.8 Å². The minimum absolute atomic E-state index is 0. The SMILES string of the molecule is CN(C)CCNCc1ccc(-c2ccc(C(=O)O)cc2)o1.Cl.Cl. The second-order valence-corrected chi connectivity index (χ2v) is 5.13. The number of benzene rings is 1. The number of furan rings is 1. The summed E-state index contributed by atoms with van der Waals surface area (Å²) in [5.74, 6) is 0.689. The van der Waals surface area contributed by atoms with Crippen molar-refractivity contribution in [3.05, 3.63) is 47.7 Å². The fourth-order valence-electron chi connectivity index (χ4n) is 1.92. The molecule has 0 aliphatic rings. The van der Waals surface area contributed by atoms with E-state index in [0.717, 1.165) is 30.2 Å². The molecule has 23 heavy (non-hydrogen) atoms. The average molecular weight is 361 g/mol. The Kier molecular flexibility index (Phi) is 9.60. The molecule has 0 radical (unpaired) electrons. The maximum atomic E-state index is 10.8. The van der Waals surface area contributed by atoms with Crippen LogP contribution in [0, 0.1) is 0 Å². The molecule has 0 aliphatic carbocycles. The number of hydrogen-bond donors (Lipinski definition) is 2.